The Balaban J connectivity index is 0.00000484. The minimum atomic E-state index is -0.235. The second-order valence-corrected chi connectivity index (χ2v) is 4.90. The zero-order valence-electron chi connectivity index (χ0n) is 14.1. The average molecular weight is 435 g/mol. The minimum Gasteiger partial charge on any atom is -0.497 e. The quantitative estimate of drug-likeness (QED) is 0.296. The van der Waals surface area contributed by atoms with Crippen LogP contribution in [0.3, 0.4) is 0 Å². The summed E-state index contributed by atoms with van der Waals surface area (Å²) in [6, 6.07) is 7.97. The van der Waals surface area contributed by atoms with E-state index in [2.05, 4.69) is 20.4 Å². The van der Waals surface area contributed by atoms with E-state index in [1.807, 2.05) is 31.2 Å². The van der Waals surface area contributed by atoms with Crippen LogP contribution in [0.2, 0.25) is 0 Å². The van der Waals surface area contributed by atoms with Crippen LogP contribution in [-0.4, -0.2) is 46.3 Å². The average Bonchev–Trinajstić information content (AvgIpc) is 2.57. The number of aliphatic imine (C=N–C) groups is 1. The van der Waals surface area contributed by atoms with Crippen molar-refractivity contribution in [3.05, 3.63) is 29.8 Å². The van der Waals surface area contributed by atoms with E-state index in [1.54, 1.807) is 14.2 Å². The molecule has 0 aliphatic heterocycles. The number of hydrogen-bond donors (Lipinski definition) is 2. The molecular formula is C16H26IN3O3. The van der Waals surface area contributed by atoms with Crippen molar-refractivity contribution in [2.24, 2.45) is 10.9 Å². The molecule has 2 N–H and O–H groups in total. The molecule has 1 rings (SSSR count). The molecule has 1 aromatic carbocycles. The van der Waals surface area contributed by atoms with Gasteiger partial charge in [-0.1, -0.05) is 19.1 Å². The fraction of sp³-hybridized carbons (Fsp3) is 0.500. The number of ether oxygens (including phenoxy) is 2. The normalized spacial score (nSPS) is 11.9. The molecule has 0 aliphatic rings. The summed E-state index contributed by atoms with van der Waals surface area (Å²) in [5.41, 5.74) is 1.21. The van der Waals surface area contributed by atoms with Crippen LogP contribution in [-0.2, 0) is 16.0 Å². The van der Waals surface area contributed by atoms with Crippen molar-refractivity contribution in [3.8, 4) is 5.75 Å². The van der Waals surface area contributed by atoms with Crippen molar-refractivity contribution >= 4 is 35.9 Å². The van der Waals surface area contributed by atoms with Crippen molar-refractivity contribution < 1.29 is 14.3 Å². The monoisotopic (exact) mass is 435 g/mol. The maximum atomic E-state index is 11.3. The third-order valence-electron chi connectivity index (χ3n) is 3.27. The summed E-state index contributed by atoms with van der Waals surface area (Å²) in [6.07, 6.45) is 0.872. The number of rotatable bonds is 7. The van der Waals surface area contributed by atoms with E-state index in [0.717, 1.165) is 18.7 Å². The predicted molar refractivity (Wildman–Crippen MR) is 103 cm³/mol. The molecule has 0 amide bonds. The Hall–Kier alpha value is -1.51. The summed E-state index contributed by atoms with van der Waals surface area (Å²) in [5.74, 6) is 1.07. The lowest BCUT2D eigenvalue weighted by Gasteiger charge is -2.14. The van der Waals surface area contributed by atoms with Gasteiger partial charge >= 0.3 is 5.97 Å². The van der Waals surface area contributed by atoms with Gasteiger partial charge in [0, 0.05) is 20.1 Å². The maximum absolute atomic E-state index is 11.3. The van der Waals surface area contributed by atoms with Gasteiger partial charge in [-0.2, -0.15) is 0 Å². The molecule has 1 atom stereocenters. The Morgan fingerprint density at radius 3 is 2.39 bits per heavy atom. The fourth-order valence-electron chi connectivity index (χ4n) is 1.87. The molecule has 0 saturated heterocycles. The van der Waals surface area contributed by atoms with Crippen molar-refractivity contribution in [2.45, 2.75) is 13.3 Å². The van der Waals surface area contributed by atoms with Gasteiger partial charge in [0.15, 0.2) is 5.96 Å². The Bertz CT molecular complexity index is 492. The number of benzene rings is 1. The van der Waals surface area contributed by atoms with Gasteiger partial charge in [-0.05, 0) is 24.1 Å². The number of nitrogens with one attached hydrogen (secondary N) is 2. The van der Waals surface area contributed by atoms with Crippen LogP contribution >= 0.6 is 24.0 Å². The van der Waals surface area contributed by atoms with Crippen molar-refractivity contribution in [1.82, 2.24) is 10.6 Å². The van der Waals surface area contributed by atoms with Gasteiger partial charge in [-0.25, -0.2) is 0 Å². The Morgan fingerprint density at radius 1 is 1.22 bits per heavy atom. The van der Waals surface area contributed by atoms with Crippen LogP contribution in [0.25, 0.3) is 0 Å². The van der Waals surface area contributed by atoms with Gasteiger partial charge in [0.05, 0.1) is 20.1 Å². The van der Waals surface area contributed by atoms with E-state index < -0.39 is 0 Å². The number of carbonyl (C=O) groups excluding carboxylic acids is 1. The number of carbonyl (C=O) groups is 1. The molecule has 0 radical (unpaired) electrons. The molecule has 0 aromatic heterocycles. The lowest BCUT2D eigenvalue weighted by atomic mass is 10.1. The van der Waals surface area contributed by atoms with Gasteiger partial charge in [-0.3, -0.25) is 9.79 Å². The molecule has 0 aliphatic carbocycles. The second kappa shape index (κ2) is 12.0. The highest BCUT2D eigenvalue weighted by Gasteiger charge is 2.13. The highest BCUT2D eigenvalue weighted by Crippen LogP contribution is 2.11. The van der Waals surface area contributed by atoms with Crippen LogP contribution in [0.4, 0.5) is 0 Å². The SMILES string of the molecule is CN=C(NCCc1ccc(OC)cc1)NCC(C)C(=O)OC.I. The van der Waals surface area contributed by atoms with Crippen LogP contribution in [0, 0.1) is 5.92 Å². The number of guanidine groups is 1. The van der Waals surface area contributed by atoms with Crippen molar-refractivity contribution in [1.29, 1.82) is 0 Å². The van der Waals surface area contributed by atoms with Crippen molar-refractivity contribution in [3.63, 3.8) is 0 Å². The number of methoxy groups -OCH3 is 2. The van der Waals surface area contributed by atoms with Crippen LogP contribution in [0.15, 0.2) is 29.3 Å². The molecule has 130 valence electrons. The van der Waals surface area contributed by atoms with Crippen LogP contribution in [0.1, 0.15) is 12.5 Å². The van der Waals surface area contributed by atoms with Crippen molar-refractivity contribution in [2.75, 3.05) is 34.4 Å². The molecule has 6 nitrogen and oxygen atoms in total. The highest BCUT2D eigenvalue weighted by molar-refractivity contribution is 14.0. The molecule has 0 heterocycles. The van der Waals surface area contributed by atoms with Gasteiger partial charge in [0.25, 0.3) is 0 Å². The first-order valence-electron chi connectivity index (χ1n) is 7.26. The van der Waals surface area contributed by atoms with E-state index >= 15 is 0 Å². The molecule has 0 bridgehead atoms. The molecule has 7 heteroatoms. The summed E-state index contributed by atoms with van der Waals surface area (Å²) in [5, 5.41) is 6.32. The largest absolute Gasteiger partial charge is 0.497 e. The number of hydrogen-bond acceptors (Lipinski definition) is 4. The minimum absolute atomic E-state index is 0. The third-order valence-corrected chi connectivity index (χ3v) is 3.27. The lowest BCUT2D eigenvalue weighted by molar-refractivity contribution is -0.144. The maximum Gasteiger partial charge on any atom is 0.310 e. The van der Waals surface area contributed by atoms with Crippen LogP contribution < -0.4 is 15.4 Å². The standard InChI is InChI=1S/C16H25N3O3.HI/c1-12(15(20)22-4)11-19-16(17-2)18-10-9-13-5-7-14(21-3)8-6-13;/h5-8,12H,9-11H2,1-4H3,(H2,17,18,19);1H. The summed E-state index contributed by atoms with van der Waals surface area (Å²) in [4.78, 5) is 15.5. The number of esters is 1. The number of nitrogens with zero attached hydrogens (tertiary/aromatic N) is 1. The predicted octanol–water partition coefficient (Wildman–Crippen LogP) is 1.83. The van der Waals surface area contributed by atoms with Gasteiger partial charge in [-0.15, -0.1) is 24.0 Å². The third kappa shape index (κ3) is 8.06. The molecule has 0 fully saturated rings. The first-order valence-corrected chi connectivity index (χ1v) is 7.26. The summed E-state index contributed by atoms with van der Waals surface area (Å²) in [7, 11) is 4.74. The first kappa shape index (κ1) is 21.5. The van der Waals surface area contributed by atoms with E-state index in [1.165, 1.54) is 12.7 Å². The Morgan fingerprint density at radius 2 is 1.87 bits per heavy atom. The molecule has 0 saturated carbocycles. The molecular weight excluding hydrogens is 409 g/mol. The molecule has 1 unspecified atom stereocenters. The number of halogens is 1. The topological polar surface area (TPSA) is 72.0 Å². The Labute approximate surface area is 155 Å². The van der Waals surface area contributed by atoms with E-state index in [-0.39, 0.29) is 35.9 Å². The zero-order chi connectivity index (χ0) is 16.4. The summed E-state index contributed by atoms with van der Waals surface area (Å²) >= 11 is 0. The molecule has 1 aromatic rings. The second-order valence-electron chi connectivity index (χ2n) is 4.90. The van der Waals surface area contributed by atoms with Gasteiger partial charge in [0.1, 0.15) is 5.75 Å². The smallest absolute Gasteiger partial charge is 0.310 e. The van der Waals surface area contributed by atoms with Gasteiger partial charge in [0.2, 0.25) is 0 Å². The fourth-order valence-corrected chi connectivity index (χ4v) is 1.87. The first-order chi connectivity index (χ1) is 10.6. The summed E-state index contributed by atoms with van der Waals surface area (Å²) in [6.45, 7) is 3.04. The Kier molecular flexibility index (Phi) is 11.2. The van der Waals surface area contributed by atoms with E-state index in [9.17, 15) is 4.79 Å². The summed E-state index contributed by atoms with van der Waals surface area (Å²) < 4.78 is 9.82. The zero-order valence-corrected chi connectivity index (χ0v) is 16.4. The lowest BCUT2D eigenvalue weighted by Crippen LogP contribution is -2.41. The van der Waals surface area contributed by atoms with E-state index in [4.69, 9.17) is 4.74 Å². The van der Waals surface area contributed by atoms with Crippen LogP contribution in [0.5, 0.6) is 5.75 Å². The molecule has 23 heavy (non-hydrogen) atoms. The molecule has 0 spiro atoms. The highest BCUT2D eigenvalue weighted by atomic mass is 127. The van der Waals surface area contributed by atoms with Gasteiger partial charge < -0.3 is 20.1 Å². The van der Waals surface area contributed by atoms with E-state index in [0.29, 0.717) is 12.5 Å².